The lowest BCUT2D eigenvalue weighted by atomic mass is 9.77. The van der Waals surface area contributed by atoms with Gasteiger partial charge in [0.05, 0.1) is 6.61 Å². The van der Waals surface area contributed by atoms with E-state index in [4.69, 9.17) is 9.47 Å². The third-order valence-electron chi connectivity index (χ3n) is 5.39. The molecule has 0 bridgehead atoms. The molecule has 1 atom stereocenters. The van der Waals surface area contributed by atoms with Gasteiger partial charge in [-0.05, 0) is 13.0 Å². The average molecular weight is 419 g/mol. The molecule has 3 aromatic carbocycles. The molecule has 0 aliphatic carbocycles. The second kappa shape index (κ2) is 8.60. The molecule has 1 aliphatic heterocycles. The number of rotatable bonds is 6. The van der Waals surface area contributed by atoms with Crippen LogP contribution in [-0.2, 0) is 19.9 Å². The smallest absolute Gasteiger partial charge is 0.412 e. The topological polar surface area (TPSA) is 55.8 Å². The summed E-state index contributed by atoms with van der Waals surface area (Å²) in [4.78, 5) is 26.7. The number of hydrogen-bond acceptors (Lipinski definition) is 4. The van der Waals surface area contributed by atoms with Gasteiger partial charge in [-0.15, -0.1) is 0 Å². The normalized spacial score (nSPS) is 17.3. The molecule has 0 unspecified atom stereocenters. The summed E-state index contributed by atoms with van der Waals surface area (Å²) in [5, 5.41) is 0. The number of benzene rings is 3. The molecule has 0 aromatic heterocycles. The van der Waals surface area contributed by atoms with Crippen molar-refractivity contribution in [3.05, 3.63) is 107 Å². The van der Waals surface area contributed by atoms with Crippen LogP contribution in [0.2, 0.25) is 0 Å². The molecule has 31 heavy (non-hydrogen) atoms. The largest absolute Gasteiger partial charge is 0.465 e. The Balaban J connectivity index is 1.97. The average Bonchev–Trinajstić information content (AvgIpc) is 3.08. The quantitative estimate of drug-likeness (QED) is 0.537. The zero-order valence-corrected chi connectivity index (χ0v) is 17.0. The van der Waals surface area contributed by atoms with Gasteiger partial charge in [0, 0.05) is 16.7 Å². The monoisotopic (exact) mass is 419 g/mol. The zero-order valence-electron chi connectivity index (χ0n) is 17.0. The summed E-state index contributed by atoms with van der Waals surface area (Å²) in [7, 11) is 0. The number of esters is 1. The van der Waals surface area contributed by atoms with Gasteiger partial charge in [-0.1, -0.05) is 78.9 Å². The van der Waals surface area contributed by atoms with Crippen LogP contribution in [0.3, 0.4) is 0 Å². The van der Waals surface area contributed by atoms with E-state index in [1.54, 1.807) is 25.1 Å². The maximum Gasteiger partial charge on any atom is 0.412 e. The lowest BCUT2D eigenvalue weighted by Crippen LogP contribution is -2.40. The Morgan fingerprint density at radius 1 is 0.968 bits per heavy atom. The van der Waals surface area contributed by atoms with Crippen molar-refractivity contribution < 1.29 is 23.5 Å². The van der Waals surface area contributed by atoms with Crippen LogP contribution < -0.4 is 0 Å². The molecule has 158 valence electrons. The summed E-state index contributed by atoms with van der Waals surface area (Å²) in [5.41, 5.74) is 0.252. The van der Waals surface area contributed by atoms with Crippen molar-refractivity contribution in [3.63, 3.8) is 0 Å². The minimum absolute atomic E-state index is 0.175. The van der Waals surface area contributed by atoms with Gasteiger partial charge in [0.2, 0.25) is 0 Å². The van der Waals surface area contributed by atoms with Crippen LogP contribution in [0.25, 0.3) is 0 Å². The van der Waals surface area contributed by atoms with Crippen molar-refractivity contribution in [2.24, 2.45) is 0 Å². The lowest BCUT2D eigenvalue weighted by molar-refractivity contribution is -0.144. The van der Waals surface area contributed by atoms with E-state index in [9.17, 15) is 9.59 Å². The Hall–Kier alpha value is -3.67. The predicted octanol–water partition coefficient (Wildman–Crippen LogP) is 4.83. The molecule has 5 nitrogen and oxygen atoms in total. The standard InChI is InChI=1S/C25H22FNO4/c1-2-30-22(28)17-27-23(20-15-9-10-16-21(20)26)25(31-24(27)29,18-11-5-3-6-12-18)19-13-7-4-8-14-19/h3-16,23H,2,17H2,1H3/t23-/m0/s1. The first kappa shape index (κ1) is 20.6. The Kier molecular flexibility index (Phi) is 5.71. The van der Waals surface area contributed by atoms with Gasteiger partial charge in [-0.25, -0.2) is 9.18 Å². The lowest BCUT2D eigenvalue weighted by Gasteiger charge is -2.36. The van der Waals surface area contributed by atoms with E-state index in [0.29, 0.717) is 11.1 Å². The molecule has 1 amide bonds. The first-order valence-electron chi connectivity index (χ1n) is 10.1. The Labute approximate surface area is 180 Å². The number of amides is 1. The van der Waals surface area contributed by atoms with Gasteiger partial charge in [-0.3, -0.25) is 9.69 Å². The number of carbonyl (C=O) groups excluding carboxylic acids is 2. The Bertz CT molecular complexity index is 1030. The first-order valence-corrected chi connectivity index (χ1v) is 10.1. The SMILES string of the molecule is CCOC(=O)CN1C(=O)OC(c2ccccc2)(c2ccccc2)[C@@H]1c1ccccc1F. The minimum atomic E-state index is -1.35. The van der Waals surface area contributed by atoms with Gasteiger partial charge in [0.15, 0.2) is 5.60 Å². The fourth-order valence-corrected chi connectivity index (χ4v) is 4.13. The number of carbonyl (C=O) groups is 2. The number of ether oxygens (including phenoxy) is 2. The second-order valence-electron chi connectivity index (χ2n) is 7.19. The highest BCUT2D eigenvalue weighted by atomic mass is 19.1. The van der Waals surface area contributed by atoms with Crippen molar-refractivity contribution in [1.29, 1.82) is 0 Å². The Morgan fingerprint density at radius 2 is 1.52 bits per heavy atom. The van der Waals surface area contributed by atoms with E-state index in [0.717, 1.165) is 0 Å². The summed E-state index contributed by atoms with van der Waals surface area (Å²) in [6.07, 6.45) is -0.714. The number of nitrogens with zero attached hydrogens (tertiary/aromatic N) is 1. The summed E-state index contributed by atoms with van der Waals surface area (Å²) in [6, 6.07) is 23.7. The molecule has 1 saturated heterocycles. The van der Waals surface area contributed by atoms with E-state index in [1.807, 2.05) is 60.7 Å². The maximum atomic E-state index is 15.1. The molecule has 0 radical (unpaired) electrons. The van der Waals surface area contributed by atoms with Crippen LogP contribution >= 0.6 is 0 Å². The van der Waals surface area contributed by atoms with E-state index >= 15 is 4.39 Å². The molecule has 3 aromatic rings. The van der Waals surface area contributed by atoms with Crippen molar-refractivity contribution in [2.75, 3.05) is 13.2 Å². The van der Waals surface area contributed by atoms with E-state index < -0.39 is 29.5 Å². The molecule has 1 heterocycles. The highest BCUT2D eigenvalue weighted by molar-refractivity contribution is 5.81. The summed E-state index contributed by atoms with van der Waals surface area (Å²) < 4.78 is 26.2. The third kappa shape index (κ3) is 3.65. The van der Waals surface area contributed by atoms with Gasteiger partial charge >= 0.3 is 12.1 Å². The number of hydrogen-bond donors (Lipinski definition) is 0. The van der Waals surface area contributed by atoms with Crippen LogP contribution in [0.15, 0.2) is 84.9 Å². The minimum Gasteiger partial charge on any atom is -0.465 e. The highest BCUT2D eigenvalue weighted by Gasteiger charge is 2.58. The fourth-order valence-electron chi connectivity index (χ4n) is 4.13. The molecule has 0 saturated carbocycles. The summed E-state index contributed by atoms with van der Waals surface area (Å²) in [6.45, 7) is 1.51. The van der Waals surface area contributed by atoms with Crippen LogP contribution in [0.4, 0.5) is 9.18 Å². The highest BCUT2D eigenvalue weighted by Crippen LogP contribution is 2.52. The van der Waals surface area contributed by atoms with Crippen molar-refractivity contribution in [2.45, 2.75) is 18.6 Å². The van der Waals surface area contributed by atoms with Gasteiger partial charge < -0.3 is 9.47 Å². The van der Waals surface area contributed by atoms with Crippen LogP contribution in [0.1, 0.15) is 29.7 Å². The van der Waals surface area contributed by atoms with Crippen LogP contribution in [0.5, 0.6) is 0 Å². The second-order valence-corrected chi connectivity index (χ2v) is 7.19. The molecular formula is C25H22FNO4. The predicted molar refractivity (Wildman–Crippen MR) is 113 cm³/mol. The van der Waals surface area contributed by atoms with Crippen LogP contribution in [0, 0.1) is 5.82 Å². The van der Waals surface area contributed by atoms with Gasteiger partial charge in [-0.2, -0.15) is 0 Å². The van der Waals surface area contributed by atoms with Crippen LogP contribution in [-0.4, -0.2) is 30.1 Å². The Morgan fingerprint density at radius 3 is 2.06 bits per heavy atom. The number of halogens is 1. The summed E-state index contributed by atoms with van der Waals surface area (Å²) >= 11 is 0. The number of cyclic esters (lactones) is 1. The molecule has 6 heteroatoms. The molecule has 1 fully saturated rings. The van der Waals surface area contributed by atoms with E-state index in [1.165, 1.54) is 11.0 Å². The zero-order chi connectivity index (χ0) is 21.8. The molecular weight excluding hydrogens is 397 g/mol. The van der Waals surface area contributed by atoms with Gasteiger partial charge in [0.1, 0.15) is 18.4 Å². The van der Waals surface area contributed by atoms with Crippen molar-refractivity contribution in [1.82, 2.24) is 4.90 Å². The van der Waals surface area contributed by atoms with E-state index in [-0.39, 0.29) is 18.7 Å². The molecule has 1 aliphatic rings. The molecule has 0 N–H and O–H groups in total. The van der Waals surface area contributed by atoms with Crippen molar-refractivity contribution in [3.8, 4) is 0 Å². The maximum absolute atomic E-state index is 15.1. The van der Waals surface area contributed by atoms with Crippen molar-refractivity contribution >= 4 is 12.1 Å². The first-order chi connectivity index (χ1) is 15.1. The van der Waals surface area contributed by atoms with Gasteiger partial charge in [0.25, 0.3) is 0 Å². The molecule has 0 spiro atoms. The molecule has 4 rings (SSSR count). The fraction of sp³-hybridized carbons (Fsp3) is 0.200. The third-order valence-corrected chi connectivity index (χ3v) is 5.39. The van der Waals surface area contributed by atoms with E-state index in [2.05, 4.69) is 0 Å². The summed E-state index contributed by atoms with van der Waals surface area (Å²) in [5.74, 6) is -1.08.